The van der Waals surface area contributed by atoms with Crippen molar-refractivity contribution in [3.8, 4) is 0 Å². The number of aryl methyl sites for hydroxylation is 1. The van der Waals surface area contributed by atoms with Crippen LogP contribution in [0, 0.1) is 12.8 Å². The van der Waals surface area contributed by atoms with Gasteiger partial charge in [0.25, 0.3) is 0 Å². The highest BCUT2D eigenvalue weighted by molar-refractivity contribution is 5.85. The zero-order valence-corrected chi connectivity index (χ0v) is 10.8. The summed E-state index contributed by atoms with van der Waals surface area (Å²) >= 11 is 0. The third-order valence-corrected chi connectivity index (χ3v) is 2.55. The highest BCUT2D eigenvalue weighted by Crippen LogP contribution is 2.09. The summed E-state index contributed by atoms with van der Waals surface area (Å²) in [7, 11) is 1.32. The summed E-state index contributed by atoms with van der Waals surface area (Å²) in [5, 5.41) is 3.20. The van der Waals surface area contributed by atoms with E-state index in [2.05, 4.69) is 33.9 Å². The second kappa shape index (κ2) is 6.18. The summed E-state index contributed by atoms with van der Waals surface area (Å²) in [4.78, 5) is 19.5. The van der Waals surface area contributed by atoms with Gasteiger partial charge in [-0.2, -0.15) is 0 Å². The minimum atomic E-state index is -0.514. The van der Waals surface area contributed by atoms with Gasteiger partial charge in [0, 0.05) is 18.3 Å². The first-order chi connectivity index (χ1) is 8.06. The molecule has 0 aliphatic rings. The molecule has 0 aromatic carbocycles. The van der Waals surface area contributed by atoms with E-state index < -0.39 is 5.97 Å². The maximum Gasteiger partial charge on any atom is 0.376 e. The molecule has 5 nitrogen and oxygen atoms in total. The number of carbonyl (C=O) groups is 1. The van der Waals surface area contributed by atoms with Crippen LogP contribution in [0.1, 0.15) is 36.6 Å². The summed E-state index contributed by atoms with van der Waals surface area (Å²) in [5.41, 5.74) is 0.743. The molecule has 0 spiro atoms. The number of rotatable bonds is 5. The normalized spacial score (nSPS) is 12.0. The fourth-order valence-corrected chi connectivity index (χ4v) is 1.26. The number of hydrogen-bond acceptors (Lipinski definition) is 5. The van der Waals surface area contributed by atoms with Gasteiger partial charge in [-0.25, -0.2) is 14.8 Å². The van der Waals surface area contributed by atoms with Crippen molar-refractivity contribution in [3.63, 3.8) is 0 Å². The number of methoxy groups -OCH3 is 1. The molecule has 0 amide bonds. The Morgan fingerprint density at radius 1 is 1.53 bits per heavy atom. The molecule has 0 bridgehead atoms. The summed E-state index contributed by atoms with van der Waals surface area (Å²) in [6, 6.07) is 1.81. The summed E-state index contributed by atoms with van der Waals surface area (Å²) < 4.78 is 4.60. The van der Waals surface area contributed by atoms with Crippen molar-refractivity contribution < 1.29 is 9.53 Å². The molecule has 1 aromatic heterocycles. The minimum Gasteiger partial charge on any atom is -0.463 e. The van der Waals surface area contributed by atoms with Gasteiger partial charge < -0.3 is 10.1 Å². The van der Waals surface area contributed by atoms with Gasteiger partial charge in [-0.3, -0.25) is 0 Å². The molecule has 0 saturated heterocycles. The Balaban J connectivity index is 2.79. The Labute approximate surface area is 102 Å². The number of nitrogens with zero attached hydrogens (tertiary/aromatic N) is 2. The Morgan fingerprint density at radius 2 is 2.24 bits per heavy atom. The van der Waals surface area contributed by atoms with Gasteiger partial charge in [0.05, 0.1) is 7.11 Å². The van der Waals surface area contributed by atoms with Crippen LogP contribution in [0.4, 0.5) is 5.82 Å². The van der Waals surface area contributed by atoms with E-state index in [4.69, 9.17) is 0 Å². The molecule has 1 unspecified atom stereocenters. The molecule has 0 saturated carbocycles. The van der Waals surface area contributed by atoms with Crippen molar-refractivity contribution in [3.05, 3.63) is 17.6 Å². The number of esters is 1. The first-order valence-electron chi connectivity index (χ1n) is 5.74. The van der Waals surface area contributed by atoms with E-state index in [1.165, 1.54) is 7.11 Å². The van der Waals surface area contributed by atoms with Crippen LogP contribution in [-0.4, -0.2) is 29.6 Å². The van der Waals surface area contributed by atoms with Crippen LogP contribution in [0.2, 0.25) is 0 Å². The molecule has 0 aliphatic carbocycles. The van der Waals surface area contributed by atoms with E-state index in [-0.39, 0.29) is 5.82 Å². The minimum absolute atomic E-state index is 0.0964. The monoisotopic (exact) mass is 237 g/mol. The second-order valence-corrected chi connectivity index (χ2v) is 4.10. The first kappa shape index (κ1) is 13.4. The van der Waals surface area contributed by atoms with Gasteiger partial charge in [-0.1, -0.05) is 20.3 Å². The van der Waals surface area contributed by atoms with Crippen LogP contribution in [0.5, 0.6) is 0 Å². The first-order valence-corrected chi connectivity index (χ1v) is 5.74. The van der Waals surface area contributed by atoms with Crippen molar-refractivity contribution in [2.24, 2.45) is 5.92 Å². The molecule has 1 heterocycles. The molecule has 17 heavy (non-hydrogen) atoms. The maximum atomic E-state index is 11.3. The molecule has 5 heteroatoms. The van der Waals surface area contributed by atoms with Crippen LogP contribution < -0.4 is 5.32 Å². The number of hydrogen-bond donors (Lipinski definition) is 1. The van der Waals surface area contributed by atoms with Crippen LogP contribution in [0.15, 0.2) is 6.07 Å². The highest BCUT2D eigenvalue weighted by Gasteiger charge is 2.11. The van der Waals surface area contributed by atoms with E-state index in [0.29, 0.717) is 11.7 Å². The molecular formula is C12H19N3O2. The van der Waals surface area contributed by atoms with E-state index in [9.17, 15) is 4.79 Å². The third-order valence-electron chi connectivity index (χ3n) is 2.55. The number of anilines is 1. The molecule has 94 valence electrons. The zero-order chi connectivity index (χ0) is 12.8. The summed E-state index contributed by atoms with van der Waals surface area (Å²) in [6.07, 6.45) is 1.10. The molecule has 1 rings (SSSR count). The third kappa shape index (κ3) is 4.01. The number of ether oxygens (including phenoxy) is 1. The quantitative estimate of drug-likeness (QED) is 0.794. The molecule has 0 fully saturated rings. The molecule has 1 aromatic rings. The summed E-state index contributed by atoms with van der Waals surface area (Å²) in [6.45, 7) is 6.94. The van der Waals surface area contributed by atoms with E-state index in [1.54, 1.807) is 0 Å². The molecule has 0 radical (unpaired) electrons. The standard InChI is InChI=1S/C12H19N3O2/c1-5-8(2)7-13-10-6-9(3)14-11(15-10)12(16)17-4/h6,8H,5,7H2,1-4H3,(H,13,14,15). The zero-order valence-electron chi connectivity index (χ0n) is 10.8. The smallest absolute Gasteiger partial charge is 0.376 e. The largest absolute Gasteiger partial charge is 0.463 e. The van der Waals surface area contributed by atoms with Crippen molar-refractivity contribution in [1.82, 2.24) is 9.97 Å². The van der Waals surface area contributed by atoms with Gasteiger partial charge >= 0.3 is 5.97 Å². The molecular weight excluding hydrogens is 218 g/mol. The molecule has 0 aliphatic heterocycles. The lowest BCUT2D eigenvalue weighted by Gasteiger charge is -2.11. The highest BCUT2D eigenvalue weighted by atomic mass is 16.5. The lowest BCUT2D eigenvalue weighted by molar-refractivity contribution is 0.0586. The van der Waals surface area contributed by atoms with Gasteiger partial charge in [0.2, 0.25) is 5.82 Å². The van der Waals surface area contributed by atoms with Crippen molar-refractivity contribution in [2.45, 2.75) is 27.2 Å². The van der Waals surface area contributed by atoms with Gasteiger partial charge in [0.15, 0.2) is 0 Å². The number of nitrogens with one attached hydrogen (secondary N) is 1. The van der Waals surface area contributed by atoms with Crippen molar-refractivity contribution in [1.29, 1.82) is 0 Å². The Bertz CT molecular complexity index is 393. The molecule has 1 atom stereocenters. The van der Waals surface area contributed by atoms with Gasteiger partial charge in [-0.05, 0) is 12.8 Å². The Morgan fingerprint density at radius 3 is 2.82 bits per heavy atom. The lowest BCUT2D eigenvalue weighted by atomic mass is 10.1. The van der Waals surface area contributed by atoms with Gasteiger partial charge in [0.1, 0.15) is 5.82 Å². The van der Waals surface area contributed by atoms with E-state index in [0.717, 1.165) is 18.7 Å². The second-order valence-electron chi connectivity index (χ2n) is 4.10. The van der Waals surface area contributed by atoms with Gasteiger partial charge in [-0.15, -0.1) is 0 Å². The van der Waals surface area contributed by atoms with E-state index >= 15 is 0 Å². The Hall–Kier alpha value is -1.65. The average Bonchev–Trinajstić information content (AvgIpc) is 2.34. The van der Waals surface area contributed by atoms with Crippen molar-refractivity contribution >= 4 is 11.8 Å². The van der Waals surface area contributed by atoms with Crippen LogP contribution in [-0.2, 0) is 4.74 Å². The SMILES string of the molecule is CCC(C)CNc1cc(C)nc(C(=O)OC)n1. The number of carbonyl (C=O) groups excluding carboxylic acids is 1. The lowest BCUT2D eigenvalue weighted by Crippen LogP contribution is -2.14. The van der Waals surface area contributed by atoms with Crippen LogP contribution in [0.3, 0.4) is 0 Å². The van der Waals surface area contributed by atoms with Crippen LogP contribution in [0.25, 0.3) is 0 Å². The van der Waals surface area contributed by atoms with E-state index in [1.807, 2.05) is 13.0 Å². The number of aromatic nitrogens is 2. The maximum absolute atomic E-state index is 11.3. The predicted octanol–water partition coefficient (Wildman–Crippen LogP) is 2.03. The average molecular weight is 237 g/mol. The summed E-state index contributed by atoms with van der Waals surface area (Å²) in [5.74, 6) is 0.810. The fourth-order valence-electron chi connectivity index (χ4n) is 1.26. The topological polar surface area (TPSA) is 64.1 Å². The molecule has 1 N–H and O–H groups in total. The van der Waals surface area contributed by atoms with Crippen molar-refractivity contribution in [2.75, 3.05) is 19.0 Å². The Kier molecular flexibility index (Phi) is 4.87. The predicted molar refractivity (Wildman–Crippen MR) is 66.1 cm³/mol. The van der Waals surface area contributed by atoms with Crippen LogP contribution >= 0.6 is 0 Å². The fraction of sp³-hybridized carbons (Fsp3) is 0.583.